The number of hydrogen-bond acceptors (Lipinski definition) is 2. The molecule has 0 aromatic carbocycles. The number of carbonyl (C=O) groups excluding carboxylic acids is 1. The Hall–Kier alpha value is -1.05. The molecule has 0 heterocycles. The van der Waals surface area contributed by atoms with Crippen molar-refractivity contribution >= 4 is 5.97 Å². The van der Waals surface area contributed by atoms with Crippen LogP contribution in [0.1, 0.15) is 195 Å². The highest BCUT2D eigenvalue weighted by molar-refractivity contribution is 5.69. The zero-order chi connectivity index (χ0) is 32.1. The molecule has 0 N–H and O–H groups in total. The number of esters is 1. The Labute approximate surface area is 280 Å². The summed E-state index contributed by atoms with van der Waals surface area (Å²) in [5.74, 6) is 3.79. The fourth-order valence-corrected chi connectivity index (χ4v) is 10.7. The quantitative estimate of drug-likeness (QED) is 0.0940. The van der Waals surface area contributed by atoms with Crippen LogP contribution in [0.4, 0.5) is 0 Å². The molecule has 3 saturated carbocycles. The van der Waals surface area contributed by atoms with Crippen LogP contribution < -0.4 is 0 Å². The van der Waals surface area contributed by atoms with Crippen LogP contribution >= 0.6 is 0 Å². The normalized spacial score (nSPS) is 30.5. The van der Waals surface area contributed by atoms with Gasteiger partial charge in [0.25, 0.3) is 0 Å². The molecule has 7 atom stereocenters. The van der Waals surface area contributed by atoms with E-state index < -0.39 is 0 Å². The maximum atomic E-state index is 12.3. The molecule has 4 aliphatic carbocycles. The molecule has 4 aliphatic rings. The third kappa shape index (κ3) is 9.98. The van der Waals surface area contributed by atoms with Gasteiger partial charge in [-0.25, -0.2) is 0 Å². The predicted octanol–water partition coefficient (Wildman–Crippen LogP) is 13.3. The van der Waals surface area contributed by atoms with E-state index >= 15 is 0 Å². The van der Waals surface area contributed by atoms with Crippen LogP contribution in [0.2, 0.25) is 0 Å². The minimum atomic E-state index is 0.0277. The summed E-state index contributed by atoms with van der Waals surface area (Å²) in [6.45, 7) is 13.0. The van der Waals surface area contributed by atoms with Gasteiger partial charge in [0, 0.05) is 6.42 Å². The average molecular weight is 623 g/mol. The van der Waals surface area contributed by atoms with E-state index in [1.807, 2.05) is 5.57 Å². The number of fused-ring (bicyclic) bond motifs is 5. The van der Waals surface area contributed by atoms with Crippen molar-refractivity contribution in [3.63, 3.8) is 0 Å². The molecule has 0 radical (unpaired) electrons. The van der Waals surface area contributed by atoms with Crippen molar-refractivity contribution in [3.8, 4) is 0 Å². The number of ether oxygens (including phenoxy) is 1. The summed E-state index contributed by atoms with van der Waals surface area (Å²) in [6, 6.07) is 0. The van der Waals surface area contributed by atoms with Crippen molar-refractivity contribution in [2.24, 2.45) is 40.4 Å². The minimum absolute atomic E-state index is 0.0277. The highest BCUT2D eigenvalue weighted by Gasteiger charge is 2.56. The smallest absolute Gasteiger partial charge is 0.305 e. The SMILES string of the molecule is CCCCCCCCCCCCCCCC(=O)OCC(C)CCC[C@@H](C)[C@H]1CC[C@H]2C3=CC=C4CCCC[C@]4(C)[C@H]3CC[C@]12C. The second kappa shape index (κ2) is 18.5. The standard InChI is InChI=1S/C43H74O2/c1-6-7-8-9-10-11-12-13-14-15-16-17-18-25-41(44)45-33-34(2)22-21-23-35(3)38-28-29-39-37-27-26-36-24-19-20-31-42(36,4)40(37)30-32-43(38,39)5/h26-27,34-35,38-40H,6-25,28-33H2,1-5H3/t34?,35-,38-,39+,40+,42+,43-/m1/s1. The summed E-state index contributed by atoms with van der Waals surface area (Å²) in [6.07, 6.45) is 38.2. The van der Waals surface area contributed by atoms with E-state index in [2.05, 4.69) is 46.8 Å². The first-order chi connectivity index (χ1) is 21.8. The number of allylic oxidation sites excluding steroid dienone is 4. The number of unbranched alkanes of at least 4 members (excludes halogenated alkanes) is 12. The number of carbonyl (C=O) groups is 1. The van der Waals surface area contributed by atoms with E-state index in [4.69, 9.17) is 4.74 Å². The van der Waals surface area contributed by atoms with Crippen molar-refractivity contribution in [2.45, 2.75) is 195 Å². The first-order valence-corrected chi connectivity index (χ1v) is 20.4. The van der Waals surface area contributed by atoms with Gasteiger partial charge in [-0.2, -0.15) is 0 Å². The highest BCUT2D eigenvalue weighted by Crippen LogP contribution is 2.66. The molecule has 45 heavy (non-hydrogen) atoms. The van der Waals surface area contributed by atoms with E-state index in [0.717, 1.165) is 30.1 Å². The molecule has 0 bridgehead atoms. The fourth-order valence-electron chi connectivity index (χ4n) is 10.7. The van der Waals surface area contributed by atoms with Gasteiger partial charge in [-0.1, -0.05) is 154 Å². The van der Waals surface area contributed by atoms with Crippen LogP contribution in [0.15, 0.2) is 23.3 Å². The second-order valence-corrected chi connectivity index (χ2v) is 17.0. The Morgan fingerprint density at radius 1 is 0.778 bits per heavy atom. The highest BCUT2D eigenvalue weighted by atomic mass is 16.5. The van der Waals surface area contributed by atoms with E-state index in [9.17, 15) is 4.79 Å². The molecular formula is C43H74O2. The van der Waals surface area contributed by atoms with Gasteiger partial charge in [-0.15, -0.1) is 0 Å². The molecule has 2 heteroatoms. The molecule has 0 spiro atoms. The van der Waals surface area contributed by atoms with Crippen molar-refractivity contribution in [1.29, 1.82) is 0 Å². The summed E-state index contributed by atoms with van der Waals surface area (Å²) in [5.41, 5.74) is 4.57. The molecule has 0 amide bonds. The fraction of sp³-hybridized carbons (Fsp3) is 0.884. The van der Waals surface area contributed by atoms with Crippen molar-refractivity contribution in [2.75, 3.05) is 6.61 Å². The summed E-state index contributed by atoms with van der Waals surface area (Å²) in [5, 5.41) is 0. The largest absolute Gasteiger partial charge is 0.465 e. The molecule has 3 fully saturated rings. The molecule has 2 nitrogen and oxygen atoms in total. The van der Waals surface area contributed by atoms with Gasteiger partial charge in [0.15, 0.2) is 0 Å². The van der Waals surface area contributed by atoms with Crippen LogP contribution in [-0.4, -0.2) is 12.6 Å². The van der Waals surface area contributed by atoms with E-state index in [1.54, 1.807) is 5.57 Å². The minimum Gasteiger partial charge on any atom is -0.465 e. The van der Waals surface area contributed by atoms with Crippen LogP contribution in [-0.2, 0) is 9.53 Å². The lowest BCUT2D eigenvalue weighted by Crippen LogP contribution is -2.45. The molecule has 0 aliphatic heterocycles. The second-order valence-electron chi connectivity index (χ2n) is 17.0. The Bertz CT molecular complexity index is 945. The van der Waals surface area contributed by atoms with Crippen molar-refractivity contribution in [1.82, 2.24) is 0 Å². The third-order valence-corrected chi connectivity index (χ3v) is 13.6. The van der Waals surface area contributed by atoms with Gasteiger partial charge in [-0.05, 0) is 98.2 Å². The first-order valence-electron chi connectivity index (χ1n) is 20.4. The van der Waals surface area contributed by atoms with Crippen LogP contribution in [0.25, 0.3) is 0 Å². The van der Waals surface area contributed by atoms with Gasteiger partial charge in [0.05, 0.1) is 6.61 Å². The molecular weight excluding hydrogens is 548 g/mol. The monoisotopic (exact) mass is 623 g/mol. The van der Waals surface area contributed by atoms with Gasteiger partial charge in [0.1, 0.15) is 0 Å². The zero-order valence-electron chi connectivity index (χ0n) is 30.7. The van der Waals surface area contributed by atoms with Gasteiger partial charge in [-0.3, -0.25) is 4.79 Å². The Morgan fingerprint density at radius 2 is 1.44 bits per heavy atom. The van der Waals surface area contributed by atoms with Crippen molar-refractivity contribution < 1.29 is 9.53 Å². The molecule has 1 unspecified atom stereocenters. The lowest BCUT2D eigenvalue weighted by atomic mass is 9.50. The van der Waals surface area contributed by atoms with Crippen molar-refractivity contribution in [3.05, 3.63) is 23.3 Å². The van der Waals surface area contributed by atoms with Gasteiger partial charge in [0.2, 0.25) is 0 Å². The summed E-state index contributed by atoms with van der Waals surface area (Å²) in [7, 11) is 0. The van der Waals surface area contributed by atoms with E-state index in [-0.39, 0.29) is 5.97 Å². The van der Waals surface area contributed by atoms with Gasteiger partial charge >= 0.3 is 5.97 Å². The van der Waals surface area contributed by atoms with E-state index in [0.29, 0.717) is 29.8 Å². The number of rotatable bonds is 21. The molecule has 0 aromatic heterocycles. The lowest BCUT2D eigenvalue weighted by molar-refractivity contribution is -0.145. The summed E-state index contributed by atoms with van der Waals surface area (Å²) >= 11 is 0. The van der Waals surface area contributed by atoms with E-state index in [1.165, 1.54) is 148 Å². The summed E-state index contributed by atoms with van der Waals surface area (Å²) in [4.78, 5) is 12.3. The maximum absolute atomic E-state index is 12.3. The molecule has 0 aromatic rings. The average Bonchev–Trinajstić information content (AvgIpc) is 3.39. The molecule has 4 rings (SSSR count). The predicted molar refractivity (Wildman–Crippen MR) is 193 cm³/mol. The molecule has 0 saturated heterocycles. The van der Waals surface area contributed by atoms with Crippen LogP contribution in [0, 0.1) is 40.4 Å². The topological polar surface area (TPSA) is 26.3 Å². The number of hydrogen-bond donors (Lipinski definition) is 0. The Kier molecular flexibility index (Phi) is 15.1. The van der Waals surface area contributed by atoms with Crippen LogP contribution in [0.3, 0.4) is 0 Å². The maximum Gasteiger partial charge on any atom is 0.305 e. The Balaban J connectivity index is 1.04. The van der Waals surface area contributed by atoms with Crippen LogP contribution in [0.5, 0.6) is 0 Å². The molecule has 258 valence electrons. The first kappa shape index (κ1) is 36.8. The third-order valence-electron chi connectivity index (χ3n) is 13.6. The lowest BCUT2D eigenvalue weighted by Gasteiger charge is -2.54. The van der Waals surface area contributed by atoms with Gasteiger partial charge < -0.3 is 4.74 Å². The summed E-state index contributed by atoms with van der Waals surface area (Å²) < 4.78 is 5.70. The Morgan fingerprint density at radius 3 is 2.13 bits per heavy atom. The zero-order valence-corrected chi connectivity index (χ0v) is 30.7.